The Balaban J connectivity index is 2.59. The SMILES string of the molecule is Nc1ccc(NCCS(N)(=O)=O)c(Br)c1. The number of sulfonamides is 1. The summed E-state index contributed by atoms with van der Waals surface area (Å²) in [5, 5.41) is 7.80. The van der Waals surface area contributed by atoms with E-state index in [2.05, 4.69) is 21.2 Å². The fourth-order valence-electron chi connectivity index (χ4n) is 1.00. The van der Waals surface area contributed by atoms with Crippen LogP contribution in [0.2, 0.25) is 0 Å². The van der Waals surface area contributed by atoms with Gasteiger partial charge in [-0.05, 0) is 34.1 Å². The molecule has 0 fully saturated rings. The van der Waals surface area contributed by atoms with Gasteiger partial charge in [-0.1, -0.05) is 0 Å². The number of anilines is 2. The van der Waals surface area contributed by atoms with Crippen molar-refractivity contribution in [3.8, 4) is 0 Å². The first-order chi connectivity index (χ1) is 6.88. The molecule has 7 heteroatoms. The summed E-state index contributed by atoms with van der Waals surface area (Å²) < 4.78 is 22.1. The third-order valence-corrected chi connectivity index (χ3v) is 3.12. The van der Waals surface area contributed by atoms with Gasteiger partial charge >= 0.3 is 0 Å². The lowest BCUT2D eigenvalue weighted by molar-refractivity contribution is 0.598. The summed E-state index contributed by atoms with van der Waals surface area (Å²) in [6.07, 6.45) is 0. The normalized spacial score (nSPS) is 11.3. The molecule has 0 aliphatic carbocycles. The molecule has 0 aliphatic rings. The highest BCUT2D eigenvalue weighted by atomic mass is 79.9. The third kappa shape index (κ3) is 4.50. The van der Waals surface area contributed by atoms with E-state index in [1.807, 2.05) is 0 Å². The highest BCUT2D eigenvalue weighted by molar-refractivity contribution is 9.10. The fourth-order valence-corrected chi connectivity index (χ4v) is 1.93. The standard InChI is InChI=1S/C8H12BrN3O2S/c9-7-5-6(10)1-2-8(7)12-3-4-15(11,13)14/h1-2,5,12H,3-4,10H2,(H2,11,13,14). The van der Waals surface area contributed by atoms with Crippen molar-refractivity contribution in [1.29, 1.82) is 0 Å². The lowest BCUT2D eigenvalue weighted by atomic mass is 10.3. The molecule has 5 N–H and O–H groups in total. The molecule has 0 radical (unpaired) electrons. The van der Waals surface area contributed by atoms with Gasteiger partial charge in [0.2, 0.25) is 10.0 Å². The zero-order chi connectivity index (χ0) is 11.5. The van der Waals surface area contributed by atoms with Gasteiger partial charge < -0.3 is 11.1 Å². The Kier molecular flexibility index (Phi) is 3.95. The molecule has 1 aromatic carbocycles. The third-order valence-electron chi connectivity index (χ3n) is 1.70. The summed E-state index contributed by atoms with van der Waals surface area (Å²) in [5.41, 5.74) is 6.97. The van der Waals surface area contributed by atoms with Crippen molar-refractivity contribution in [1.82, 2.24) is 0 Å². The maximum Gasteiger partial charge on any atom is 0.210 e. The quantitative estimate of drug-likeness (QED) is 0.713. The van der Waals surface area contributed by atoms with Gasteiger partial charge in [-0.15, -0.1) is 0 Å². The van der Waals surface area contributed by atoms with E-state index in [0.717, 1.165) is 10.2 Å². The van der Waals surface area contributed by atoms with Crippen molar-refractivity contribution in [2.24, 2.45) is 5.14 Å². The molecule has 0 aliphatic heterocycles. The molecule has 15 heavy (non-hydrogen) atoms. The Morgan fingerprint density at radius 1 is 1.40 bits per heavy atom. The number of rotatable bonds is 4. The molecule has 0 saturated carbocycles. The smallest absolute Gasteiger partial charge is 0.210 e. The Morgan fingerprint density at radius 2 is 2.07 bits per heavy atom. The molecule has 0 bridgehead atoms. The summed E-state index contributed by atoms with van der Waals surface area (Å²) in [4.78, 5) is 0. The van der Waals surface area contributed by atoms with Crippen LogP contribution in [0.5, 0.6) is 0 Å². The van der Waals surface area contributed by atoms with E-state index >= 15 is 0 Å². The van der Waals surface area contributed by atoms with E-state index in [1.165, 1.54) is 0 Å². The first-order valence-corrected chi connectivity index (χ1v) is 6.69. The Hall–Kier alpha value is -0.790. The van der Waals surface area contributed by atoms with Crippen LogP contribution in [0.4, 0.5) is 11.4 Å². The fraction of sp³-hybridized carbons (Fsp3) is 0.250. The Bertz CT molecular complexity index is 447. The van der Waals surface area contributed by atoms with Gasteiger partial charge in [0.05, 0.1) is 5.75 Å². The van der Waals surface area contributed by atoms with Gasteiger partial charge in [0, 0.05) is 22.4 Å². The maximum atomic E-state index is 10.7. The molecule has 5 nitrogen and oxygen atoms in total. The van der Waals surface area contributed by atoms with Crippen molar-refractivity contribution >= 4 is 37.3 Å². The molecule has 0 unspecified atom stereocenters. The first kappa shape index (κ1) is 12.3. The topological polar surface area (TPSA) is 98.2 Å². The summed E-state index contributed by atoms with van der Waals surface area (Å²) >= 11 is 3.30. The lowest BCUT2D eigenvalue weighted by Crippen LogP contribution is -2.22. The minimum absolute atomic E-state index is 0.107. The average Bonchev–Trinajstić information content (AvgIpc) is 2.07. The number of primary sulfonamides is 1. The van der Waals surface area contributed by atoms with Gasteiger partial charge in [0.25, 0.3) is 0 Å². The van der Waals surface area contributed by atoms with Crippen LogP contribution in [0.15, 0.2) is 22.7 Å². The molecule has 0 atom stereocenters. The second-order valence-electron chi connectivity index (χ2n) is 3.03. The lowest BCUT2D eigenvalue weighted by Gasteiger charge is -2.08. The zero-order valence-corrected chi connectivity index (χ0v) is 10.3. The highest BCUT2D eigenvalue weighted by Gasteiger charge is 2.03. The second-order valence-corrected chi connectivity index (χ2v) is 5.62. The molecular formula is C8H12BrN3O2S. The van der Waals surface area contributed by atoms with E-state index in [1.54, 1.807) is 18.2 Å². The van der Waals surface area contributed by atoms with Crippen LogP contribution >= 0.6 is 15.9 Å². The largest absolute Gasteiger partial charge is 0.399 e. The number of nitrogens with two attached hydrogens (primary N) is 2. The monoisotopic (exact) mass is 293 g/mol. The Labute approximate surface area is 97.0 Å². The molecule has 1 rings (SSSR count). The molecule has 0 aromatic heterocycles. The Morgan fingerprint density at radius 3 is 2.60 bits per heavy atom. The van der Waals surface area contributed by atoms with E-state index in [0.29, 0.717) is 5.69 Å². The van der Waals surface area contributed by atoms with E-state index in [4.69, 9.17) is 10.9 Å². The van der Waals surface area contributed by atoms with Gasteiger partial charge in [0.1, 0.15) is 0 Å². The molecule has 0 spiro atoms. The van der Waals surface area contributed by atoms with Gasteiger partial charge in [0.15, 0.2) is 0 Å². The van der Waals surface area contributed by atoms with Crippen molar-refractivity contribution in [2.75, 3.05) is 23.3 Å². The first-order valence-electron chi connectivity index (χ1n) is 4.18. The zero-order valence-electron chi connectivity index (χ0n) is 7.90. The summed E-state index contributed by atoms with van der Waals surface area (Å²) in [6, 6.07) is 5.23. The van der Waals surface area contributed by atoms with E-state index in [-0.39, 0.29) is 12.3 Å². The summed E-state index contributed by atoms with van der Waals surface area (Å²) in [5.74, 6) is -0.107. The molecule has 0 amide bonds. The molecule has 0 saturated heterocycles. The van der Waals surface area contributed by atoms with Crippen molar-refractivity contribution in [2.45, 2.75) is 0 Å². The summed E-state index contributed by atoms with van der Waals surface area (Å²) in [7, 11) is -3.42. The van der Waals surface area contributed by atoms with E-state index < -0.39 is 10.0 Å². The minimum atomic E-state index is -3.42. The van der Waals surface area contributed by atoms with Crippen LogP contribution in [0.3, 0.4) is 0 Å². The number of hydrogen-bond acceptors (Lipinski definition) is 4. The number of benzene rings is 1. The van der Waals surface area contributed by atoms with Gasteiger partial charge in [-0.2, -0.15) is 0 Å². The van der Waals surface area contributed by atoms with Crippen LogP contribution in [0, 0.1) is 0 Å². The van der Waals surface area contributed by atoms with Crippen LogP contribution in [-0.4, -0.2) is 20.7 Å². The molecule has 84 valence electrons. The van der Waals surface area contributed by atoms with Crippen LogP contribution in [0.25, 0.3) is 0 Å². The van der Waals surface area contributed by atoms with E-state index in [9.17, 15) is 8.42 Å². The average molecular weight is 294 g/mol. The molecule has 0 heterocycles. The molecule has 1 aromatic rings. The van der Waals surface area contributed by atoms with Crippen molar-refractivity contribution < 1.29 is 8.42 Å². The van der Waals surface area contributed by atoms with Gasteiger partial charge in [-0.3, -0.25) is 0 Å². The predicted octanol–water partition coefficient (Wildman–Crippen LogP) is 0.732. The number of nitrogen functional groups attached to an aromatic ring is 1. The van der Waals surface area contributed by atoms with Crippen molar-refractivity contribution in [3.05, 3.63) is 22.7 Å². The highest BCUT2D eigenvalue weighted by Crippen LogP contribution is 2.24. The molecular weight excluding hydrogens is 282 g/mol. The van der Waals surface area contributed by atoms with Crippen LogP contribution < -0.4 is 16.2 Å². The minimum Gasteiger partial charge on any atom is -0.399 e. The van der Waals surface area contributed by atoms with Gasteiger partial charge in [-0.25, -0.2) is 13.6 Å². The second kappa shape index (κ2) is 4.82. The maximum absolute atomic E-state index is 10.7. The summed E-state index contributed by atoms with van der Waals surface area (Å²) in [6.45, 7) is 0.265. The van der Waals surface area contributed by atoms with Crippen LogP contribution in [0.1, 0.15) is 0 Å². The number of nitrogens with one attached hydrogen (secondary N) is 1. The van der Waals surface area contributed by atoms with Crippen LogP contribution in [-0.2, 0) is 10.0 Å². The number of halogens is 1. The van der Waals surface area contributed by atoms with Crippen molar-refractivity contribution in [3.63, 3.8) is 0 Å². The number of hydrogen-bond donors (Lipinski definition) is 3. The predicted molar refractivity (Wildman–Crippen MR) is 65.0 cm³/mol.